The second-order valence-corrected chi connectivity index (χ2v) is 4.30. The molecule has 0 radical (unpaired) electrons. The minimum Gasteiger partial charge on any atom is -0.477 e. The van der Waals surface area contributed by atoms with Crippen molar-refractivity contribution in [1.82, 2.24) is 4.98 Å². The van der Waals surface area contributed by atoms with E-state index in [-0.39, 0.29) is 6.61 Å². The summed E-state index contributed by atoms with van der Waals surface area (Å²) in [6.07, 6.45) is 0.0653. The van der Waals surface area contributed by atoms with Gasteiger partial charge in [-0.1, -0.05) is 30.3 Å². The van der Waals surface area contributed by atoms with Crippen molar-refractivity contribution in [2.75, 3.05) is 5.32 Å². The number of nitrogens with zero attached hydrogens (tertiary/aromatic N) is 2. The number of aromatic nitrogens is 1. The Morgan fingerprint density at radius 1 is 1.26 bits per heavy atom. The van der Waals surface area contributed by atoms with Gasteiger partial charge >= 0.3 is 17.7 Å². The van der Waals surface area contributed by atoms with Crippen LogP contribution in [0.15, 0.2) is 42.6 Å². The summed E-state index contributed by atoms with van der Waals surface area (Å²) in [6.45, 7) is -0.0426. The molecule has 0 unspecified atom stereocenters. The number of carbonyl (C=O) groups excluding carboxylic acids is 1. The number of nitrogens with one attached hydrogen (secondary N) is 1. The van der Waals surface area contributed by atoms with Gasteiger partial charge in [0.1, 0.15) is 12.2 Å². The maximum Gasteiger partial charge on any atom is 0.413 e. The summed E-state index contributed by atoms with van der Waals surface area (Å²) in [5.74, 6) is -1.99. The third-order valence-corrected chi connectivity index (χ3v) is 2.77. The number of pyridine rings is 1. The maximum absolute atomic E-state index is 11.7. The molecule has 1 aromatic carbocycles. The Balaban J connectivity index is 2.13. The van der Waals surface area contributed by atoms with E-state index in [0.29, 0.717) is 0 Å². The van der Waals surface area contributed by atoms with Crippen LogP contribution in [0.5, 0.6) is 0 Å². The Hall–Kier alpha value is -3.49. The zero-order valence-electron chi connectivity index (χ0n) is 11.6. The summed E-state index contributed by atoms with van der Waals surface area (Å²) in [5.41, 5.74) is -0.663. The summed E-state index contributed by atoms with van der Waals surface area (Å²) >= 11 is 0. The predicted molar refractivity (Wildman–Crippen MR) is 78.1 cm³/mol. The van der Waals surface area contributed by atoms with Crippen LogP contribution in [-0.4, -0.2) is 27.1 Å². The fourth-order valence-corrected chi connectivity index (χ4v) is 1.76. The van der Waals surface area contributed by atoms with Gasteiger partial charge < -0.3 is 9.84 Å². The van der Waals surface area contributed by atoms with Crippen molar-refractivity contribution in [1.29, 1.82) is 0 Å². The highest BCUT2D eigenvalue weighted by Gasteiger charge is 2.26. The number of hydrogen-bond donors (Lipinski definition) is 2. The molecule has 0 saturated heterocycles. The fourth-order valence-electron chi connectivity index (χ4n) is 1.76. The minimum absolute atomic E-state index is 0.0426. The van der Waals surface area contributed by atoms with Crippen molar-refractivity contribution in [2.45, 2.75) is 6.61 Å². The number of carbonyl (C=O) groups is 2. The molecule has 1 amide bonds. The van der Waals surface area contributed by atoms with Crippen molar-refractivity contribution < 1.29 is 24.4 Å². The second kappa shape index (κ2) is 6.98. The number of anilines is 1. The molecule has 0 fully saturated rings. The van der Waals surface area contributed by atoms with Crippen LogP contribution < -0.4 is 5.32 Å². The number of amides is 1. The molecule has 9 heteroatoms. The lowest BCUT2D eigenvalue weighted by atomic mass is 10.2. The van der Waals surface area contributed by atoms with Crippen LogP contribution in [0.4, 0.5) is 16.3 Å². The van der Waals surface area contributed by atoms with Gasteiger partial charge in [0.2, 0.25) is 5.82 Å². The maximum atomic E-state index is 11.7. The number of rotatable bonds is 5. The highest BCUT2D eigenvalue weighted by molar-refractivity contribution is 5.97. The van der Waals surface area contributed by atoms with Gasteiger partial charge in [0.25, 0.3) is 0 Å². The smallest absolute Gasteiger partial charge is 0.413 e. The van der Waals surface area contributed by atoms with E-state index >= 15 is 0 Å². The first kappa shape index (κ1) is 15.9. The topological polar surface area (TPSA) is 132 Å². The Morgan fingerprint density at radius 3 is 2.57 bits per heavy atom. The fraction of sp³-hybridized carbons (Fsp3) is 0.0714. The molecule has 2 N–H and O–H groups in total. The Labute approximate surface area is 129 Å². The second-order valence-electron chi connectivity index (χ2n) is 4.30. The third kappa shape index (κ3) is 4.00. The number of ether oxygens (including phenoxy) is 1. The molecule has 0 aliphatic carbocycles. The van der Waals surface area contributed by atoms with Crippen molar-refractivity contribution in [3.05, 3.63) is 63.8 Å². The molecular formula is C14H11N3O6. The lowest BCUT2D eigenvalue weighted by Crippen LogP contribution is -2.17. The van der Waals surface area contributed by atoms with Gasteiger partial charge in [0, 0.05) is 6.20 Å². The Morgan fingerprint density at radius 2 is 1.96 bits per heavy atom. The van der Waals surface area contributed by atoms with Gasteiger partial charge in [-0.15, -0.1) is 0 Å². The van der Waals surface area contributed by atoms with E-state index in [4.69, 9.17) is 9.84 Å². The molecule has 118 valence electrons. The van der Waals surface area contributed by atoms with Crippen LogP contribution in [0.1, 0.15) is 15.9 Å². The summed E-state index contributed by atoms with van der Waals surface area (Å²) < 4.78 is 4.91. The van der Waals surface area contributed by atoms with Gasteiger partial charge in [0.15, 0.2) is 0 Å². The molecule has 0 aliphatic rings. The highest BCUT2D eigenvalue weighted by atomic mass is 16.6. The summed E-state index contributed by atoms with van der Waals surface area (Å²) in [4.78, 5) is 36.4. The molecule has 9 nitrogen and oxygen atoms in total. The van der Waals surface area contributed by atoms with Crippen molar-refractivity contribution in [3.8, 4) is 0 Å². The minimum atomic E-state index is -1.50. The van der Waals surface area contributed by atoms with Gasteiger partial charge in [-0.3, -0.25) is 15.4 Å². The number of carboxylic acid groups (broad SMARTS) is 1. The normalized spacial score (nSPS) is 9.91. The number of benzene rings is 1. The van der Waals surface area contributed by atoms with Crippen LogP contribution in [0.25, 0.3) is 0 Å². The lowest BCUT2D eigenvalue weighted by molar-refractivity contribution is -0.384. The third-order valence-electron chi connectivity index (χ3n) is 2.77. The first-order valence-corrected chi connectivity index (χ1v) is 6.33. The number of hydrogen-bond acceptors (Lipinski definition) is 6. The number of carboxylic acids is 1. The number of nitro groups is 1. The van der Waals surface area contributed by atoms with E-state index in [9.17, 15) is 19.7 Å². The average molecular weight is 317 g/mol. The quantitative estimate of drug-likeness (QED) is 0.639. The summed E-state index contributed by atoms with van der Waals surface area (Å²) in [5, 5.41) is 22.0. The molecular weight excluding hydrogens is 306 g/mol. The molecule has 2 aromatic rings. The molecule has 2 rings (SSSR count). The Kier molecular flexibility index (Phi) is 4.82. The van der Waals surface area contributed by atoms with Crippen molar-refractivity contribution >= 4 is 23.6 Å². The largest absolute Gasteiger partial charge is 0.477 e. The number of aromatic carboxylic acids is 1. The standard InChI is InChI=1S/C14H11N3O6/c18-13(19)10-6-7-15-12(11(10)17(21)22)16-14(20)23-8-9-4-2-1-3-5-9/h1-7H,8H2,(H,18,19)(H,15,16,20). The first-order chi connectivity index (χ1) is 11.0. The SMILES string of the molecule is O=C(Nc1nccc(C(=O)O)c1[N+](=O)[O-])OCc1ccccc1. The van der Waals surface area contributed by atoms with Crippen LogP contribution in [-0.2, 0) is 11.3 Å². The lowest BCUT2D eigenvalue weighted by Gasteiger charge is -2.07. The summed E-state index contributed by atoms with van der Waals surface area (Å²) in [7, 11) is 0. The van der Waals surface area contributed by atoms with Crippen molar-refractivity contribution in [2.24, 2.45) is 0 Å². The summed E-state index contributed by atoms with van der Waals surface area (Å²) in [6, 6.07) is 9.77. The van der Waals surface area contributed by atoms with Gasteiger partial charge in [-0.05, 0) is 11.6 Å². The van der Waals surface area contributed by atoms with E-state index in [1.165, 1.54) is 0 Å². The van der Waals surface area contributed by atoms with Gasteiger partial charge in [0.05, 0.1) is 4.92 Å². The van der Waals surface area contributed by atoms with E-state index < -0.39 is 34.1 Å². The zero-order valence-corrected chi connectivity index (χ0v) is 11.6. The Bertz CT molecular complexity index is 747. The van der Waals surface area contributed by atoms with E-state index in [1.54, 1.807) is 30.3 Å². The molecule has 0 bridgehead atoms. The van der Waals surface area contributed by atoms with Gasteiger partial charge in [-0.25, -0.2) is 14.6 Å². The van der Waals surface area contributed by atoms with Crippen LogP contribution in [0.3, 0.4) is 0 Å². The van der Waals surface area contributed by atoms with Crippen molar-refractivity contribution in [3.63, 3.8) is 0 Å². The first-order valence-electron chi connectivity index (χ1n) is 6.33. The van der Waals surface area contributed by atoms with Crippen LogP contribution in [0, 0.1) is 10.1 Å². The van der Waals surface area contributed by atoms with E-state index in [2.05, 4.69) is 10.3 Å². The molecule has 0 spiro atoms. The highest BCUT2D eigenvalue weighted by Crippen LogP contribution is 2.26. The molecule has 23 heavy (non-hydrogen) atoms. The molecule has 1 heterocycles. The molecule has 0 atom stereocenters. The van der Waals surface area contributed by atoms with Gasteiger partial charge in [-0.2, -0.15) is 0 Å². The molecule has 1 aromatic heterocycles. The van der Waals surface area contributed by atoms with E-state index in [0.717, 1.165) is 17.8 Å². The van der Waals surface area contributed by atoms with E-state index in [1.807, 2.05) is 0 Å². The molecule has 0 aliphatic heterocycles. The average Bonchev–Trinajstić information content (AvgIpc) is 2.53. The van der Waals surface area contributed by atoms with Crippen LogP contribution >= 0.6 is 0 Å². The molecule has 0 saturated carbocycles. The zero-order chi connectivity index (χ0) is 16.8. The monoisotopic (exact) mass is 317 g/mol. The van der Waals surface area contributed by atoms with Crippen LogP contribution in [0.2, 0.25) is 0 Å². The predicted octanol–water partition coefficient (Wildman–Crippen LogP) is 2.44.